The zero-order chi connectivity index (χ0) is 17.9. The molecule has 0 N–H and O–H groups in total. The van der Waals surface area contributed by atoms with Crippen LogP contribution in [0.2, 0.25) is 0 Å². The highest BCUT2D eigenvalue weighted by Gasteiger charge is 2.43. The fourth-order valence-electron chi connectivity index (χ4n) is 3.19. The van der Waals surface area contributed by atoms with Crippen molar-refractivity contribution in [3.05, 3.63) is 77.4 Å². The van der Waals surface area contributed by atoms with Crippen LogP contribution in [0.5, 0.6) is 0 Å². The molecule has 0 unspecified atom stereocenters. The third kappa shape index (κ3) is 3.92. The van der Waals surface area contributed by atoms with Gasteiger partial charge >= 0.3 is 12.1 Å². The van der Waals surface area contributed by atoms with Gasteiger partial charge < -0.3 is 4.90 Å². The van der Waals surface area contributed by atoms with E-state index in [-0.39, 0.29) is 13.1 Å². The molecule has 0 aliphatic carbocycles. The SMILES string of the molecule is O=C(N1CCC(=C(c2ccccc2)c2ccccc2)CC1)C(F)(F)F. The molecule has 130 valence electrons. The minimum atomic E-state index is -4.80. The minimum Gasteiger partial charge on any atom is -0.334 e. The van der Waals surface area contributed by atoms with Crippen molar-refractivity contribution < 1.29 is 18.0 Å². The highest BCUT2D eigenvalue weighted by atomic mass is 19.4. The molecule has 0 atom stereocenters. The average Bonchev–Trinajstić information content (AvgIpc) is 2.63. The van der Waals surface area contributed by atoms with Crippen molar-refractivity contribution in [2.75, 3.05) is 13.1 Å². The van der Waals surface area contributed by atoms with Crippen molar-refractivity contribution in [3.63, 3.8) is 0 Å². The molecule has 0 spiro atoms. The van der Waals surface area contributed by atoms with Crippen molar-refractivity contribution in [3.8, 4) is 0 Å². The maximum absolute atomic E-state index is 12.6. The van der Waals surface area contributed by atoms with Gasteiger partial charge in [0, 0.05) is 13.1 Å². The van der Waals surface area contributed by atoms with Gasteiger partial charge in [-0.05, 0) is 29.5 Å². The number of benzene rings is 2. The van der Waals surface area contributed by atoms with E-state index in [9.17, 15) is 18.0 Å². The van der Waals surface area contributed by atoms with E-state index < -0.39 is 12.1 Å². The summed E-state index contributed by atoms with van der Waals surface area (Å²) in [5, 5.41) is 0. The molecule has 0 aromatic heterocycles. The van der Waals surface area contributed by atoms with E-state index in [4.69, 9.17) is 0 Å². The summed E-state index contributed by atoms with van der Waals surface area (Å²) < 4.78 is 37.8. The Hall–Kier alpha value is -2.56. The van der Waals surface area contributed by atoms with Gasteiger partial charge in [0.1, 0.15) is 0 Å². The number of amides is 1. The number of alkyl halides is 3. The number of nitrogens with zero attached hydrogens (tertiary/aromatic N) is 1. The fourth-order valence-corrected chi connectivity index (χ4v) is 3.19. The van der Waals surface area contributed by atoms with Gasteiger partial charge in [-0.25, -0.2) is 0 Å². The molecular formula is C20H18F3NO. The predicted octanol–water partition coefficient (Wildman–Crippen LogP) is 4.67. The first kappa shape index (κ1) is 17.3. The van der Waals surface area contributed by atoms with Crippen LogP contribution in [0.25, 0.3) is 5.57 Å². The summed E-state index contributed by atoms with van der Waals surface area (Å²) in [4.78, 5) is 12.3. The Kier molecular flexibility index (Phi) is 4.93. The fraction of sp³-hybridized carbons (Fsp3) is 0.250. The summed E-state index contributed by atoms with van der Waals surface area (Å²) in [6, 6.07) is 19.7. The van der Waals surface area contributed by atoms with Gasteiger partial charge in [0.2, 0.25) is 0 Å². The van der Waals surface area contributed by atoms with Gasteiger partial charge in [-0.15, -0.1) is 0 Å². The number of halogens is 3. The van der Waals surface area contributed by atoms with Crippen LogP contribution in [-0.4, -0.2) is 30.1 Å². The molecule has 1 amide bonds. The molecule has 1 aliphatic heterocycles. The van der Waals surface area contributed by atoms with Crippen LogP contribution in [0.15, 0.2) is 66.2 Å². The van der Waals surface area contributed by atoms with Crippen LogP contribution in [0.1, 0.15) is 24.0 Å². The molecule has 2 nitrogen and oxygen atoms in total. The summed E-state index contributed by atoms with van der Waals surface area (Å²) in [6.45, 7) is 0.188. The quantitative estimate of drug-likeness (QED) is 0.774. The van der Waals surface area contributed by atoms with Crippen molar-refractivity contribution >= 4 is 11.5 Å². The van der Waals surface area contributed by atoms with Gasteiger partial charge in [-0.1, -0.05) is 66.2 Å². The molecule has 2 aromatic carbocycles. The lowest BCUT2D eigenvalue weighted by molar-refractivity contribution is -0.185. The first-order chi connectivity index (χ1) is 12.0. The summed E-state index contributed by atoms with van der Waals surface area (Å²) in [5.74, 6) is -1.74. The lowest BCUT2D eigenvalue weighted by Crippen LogP contribution is -2.44. The highest BCUT2D eigenvalue weighted by molar-refractivity contribution is 5.84. The van der Waals surface area contributed by atoms with Crippen LogP contribution in [-0.2, 0) is 4.79 Å². The molecule has 3 rings (SSSR count). The molecule has 1 fully saturated rings. The number of hydrogen-bond acceptors (Lipinski definition) is 1. The molecular weight excluding hydrogens is 327 g/mol. The molecule has 0 radical (unpaired) electrons. The number of carbonyl (C=O) groups excluding carboxylic acids is 1. The lowest BCUT2D eigenvalue weighted by Gasteiger charge is -2.30. The summed E-state index contributed by atoms with van der Waals surface area (Å²) in [7, 11) is 0. The van der Waals surface area contributed by atoms with Crippen molar-refractivity contribution in [1.29, 1.82) is 0 Å². The first-order valence-corrected chi connectivity index (χ1v) is 8.16. The third-order valence-electron chi connectivity index (χ3n) is 4.38. The molecule has 1 saturated heterocycles. The summed E-state index contributed by atoms with van der Waals surface area (Å²) in [6.07, 6.45) is -3.91. The van der Waals surface area contributed by atoms with Crippen molar-refractivity contribution in [2.24, 2.45) is 0 Å². The van der Waals surface area contributed by atoms with Crippen molar-refractivity contribution in [2.45, 2.75) is 19.0 Å². The van der Waals surface area contributed by atoms with Crippen LogP contribution >= 0.6 is 0 Å². The molecule has 1 heterocycles. The van der Waals surface area contributed by atoms with E-state index in [2.05, 4.69) is 0 Å². The van der Waals surface area contributed by atoms with E-state index in [1.165, 1.54) is 0 Å². The normalized spacial score (nSPS) is 15.2. The van der Waals surface area contributed by atoms with Crippen LogP contribution in [0.4, 0.5) is 13.2 Å². The number of likely N-dealkylation sites (tertiary alicyclic amines) is 1. The van der Waals surface area contributed by atoms with Crippen LogP contribution < -0.4 is 0 Å². The van der Waals surface area contributed by atoms with Gasteiger partial charge in [-0.2, -0.15) is 13.2 Å². The smallest absolute Gasteiger partial charge is 0.334 e. The maximum atomic E-state index is 12.6. The highest BCUT2D eigenvalue weighted by Crippen LogP contribution is 2.33. The van der Waals surface area contributed by atoms with E-state index in [1.807, 2.05) is 60.7 Å². The van der Waals surface area contributed by atoms with E-state index >= 15 is 0 Å². The second-order valence-electron chi connectivity index (χ2n) is 6.00. The Morgan fingerprint density at radius 3 is 1.64 bits per heavy atom. The summed E-state index contributed by atoms with van der Waals surface area (Å²) >= 11 is 0. The standard InChI is InChI=1S/C20H18F3NO/c21-20(22,23)19(25)24-13-11-17(12-14-24)18(15-7-3-1-4-8-15)16-9-5-2-6-10-16/h1-10H,11-14H2. The maximum Gasteiger partial charge on any atom is 0.471 e. The summed E-state index contributed by atoms with van der Waals surface area (Å²) in [5.41, 5.74) is 4.22. The monoisotopic (exact) mass is 345 g/mol. The number of carbonyl (C=O) groups is 1. The van der Waals surface area contributed by atoms with Crippen LogP contribution in [0, 0.1) is 0 Å². The zero-order valence-corrected chi connectivity index (χ0v) is 13.6. The average molecular weight is 345 g/mol. The van der Waals surface area contributed by atoms with E-state index in [0.717, 1.165) is 27.2 Å². The lowest BCUT2D eigenvalue weighted by atomic mass is 9.88. The van der Waals surface area contributed by atoms with Gasteiger partial charge in [0.25, 0.3) is 0 Å². The topological polar surface area (TPSA) is 20.3 Å². The second kappa shape index (κ2) is 7.13. The molecule has 25 heavy (non-hydrogen) atoms. The Balaban J connectivity index is 1.91. The Morgan fingerprint density at radius 1 is 0.800 bits per heavy atom. The number of rotatable bonds is 2. The molecule has 2 aromatic rings. The number of hydrogen-bond donors (Lipinski definition) is 0. The Bertz CT molecular complexity index is 715. The van der Waals surface area contributed by atoms with Crippen molar-refractivity contribution in [1.82, 2.24) is 4.90 Å². The predicted molar refractivity (Wildman–Crippen MR) is 90.8 cm³/mol. The molecule has 0 saturated carbocycles. The largest absolute Gasteiger partial charge is 0.471 e. The Morgan fingerprint density at radius 2 is 1.24 bits per heavy atom. The van der Waals surface area contributed by atoms with Gasteiger partial charge in [0.15, 0.2) is 0 Å². The van der Waals surface area contributed by atoms with E-state index in [0.29, 0.717) is 12.8 Å². The molecule has 5 heteroatoms. The molecule has 0 bridgehead atoms. The van der Waals surface area contributed by atoms with Gasteiger partial charge in [0.05, 0.1) is 0 Å². The van der Waals surface area contributed by atoms with Crippen LogP contribution in [0.3, 0.4) is 0 Å². The molecule has 1 aliphatic rings. The Labute approximate surface area is 144 Å². The number of piperidine rings is 1. The zero-order valence-electron chi connectivity index (χ0n) is 13.6. The van der Waals surface area contributed by atoms with Gasteiger partial charge in [-0.3, -0.25) is 4.79 Å². The van der Waals surface area contributed by atoms with E-state index in [1.54, 1.807) is 0 Å². The minimum absolute atomic E-state index is 0.0941. The first-order valence-electron chi connectivity index (χ1n) is 8.16. The second-order valence-corrected chi connectivity index (χ2v) is 6.00. The third-order valence-corrected chi connectivity index (χ3v) is 4.38.